The average Bonchev–Trinajstić information content (AvgIpc) is 3.35. The SMILES string of the molecule is CCc1ccc2c(Br)nc(C(F)(F)F)n2c1.CCc1ccc2cnc(C(F)(F)F)n2c1.[B]=NS. The van der Waals surface area contributed by atoms with Gasteiger partial charge in [0, 0.05) is 12.4 Å². The third-order valence-electron chi connectivity index (χ3n) is 4.57. The van der Waals surface area contributed by atoms with E-state index in [0.717, 1.165) is 19.9 Å². The summed E-state index contributed by atoms with van der Waals surface area (Å²) in [4.78, 5) is 6.87. The van der Waals surface area contributed by atoms with Crippen LogP contribution in [0.2, 0.25) is 0 Å². The Morgan fingerprint density at radius 1 is 0.912 bits per heavy atom. The quantitative estimate of drug-likeness (QED) is 0.166. The minimum absolute atomic E-state index is 0.211. The zero-order chi connectivity index (χ0) is 25.7. The van der Waals surface area contributed by atoms with Crippen molar-refractivity contribution < 1.29 is 26.3 Å². The van der Waals surface area contributed by atoms with Crippen LogP contribution in [0.1, 0.15) is 36.6 Å². The van der Waals surface area contributed by atoms with Crippen LogP contribution in [0.15, 0.2) is 51.8 Å². The van der Waals surface area contributed by atoms with Crippen molar-refractivity contribution in [3.63, 3.8) is 0 Å². The number of rotatable bonds is 2. The number of nitrogens with zero attached hydrogens (tertiary/aromatic N) is 5. The summed E-state index contributed by atoms with van der Waals surface area (Å²) in [7, 11) is 4.34. The van der Waals surface area contributed by atoms with Crippen LogP contribution in [0.3, 0.4) is 0 Å². The number of hydrogen-bond acceptors (Lipinski definition) is 4. The van der Waals surface area contributed by atoms with E-state index in [4.69, 9.17) is 0 Å². The molecule has 34 heavy (non-hydrogen) atoms. The summed E-state index contributed by atoms with van der Waals surface area (Å²) in [6.07, 6.45) is -3.29. The Bertz CT molecular complexity index is 1270. The number of halogens is 7. The van der Waals surface area contributed by atoms with E-state index >= 15 is 0 Å². The van der Waals surface area contributed by atoms with Gasteiger partial charge in [0.1, 0.15) is 4.60 Å². The summed E-state index contributed by atoms with van der Waals surface area (Å²) in [5, 5.41) is 0. The fraction of sp³-hybridized carbons (Fsp3) is 0.300. The molecule has 0 amide bonds. The molecule has 4 aromatic heterocycles. The van der Waals surface area contributed by atoms with Crippen molar-refractivity contribution in [3.05, 3.63) is 70.2 Å². The molecule has 4 heterocycles. The normalized spacial score (nSPS) is 11.6. The first-order chi connectivity index (χ1) is 15.9. The fourth-order valence-electron chi connectivity index (χ4n) is 2.95. The van der Waals surface area contributed by atoms with Crippen LogP contribution in [-0.4, -0.2) is 26.4 Å². The Hall–Kier alpha value is -2.35. The second-order valence-electron chi connectivity index (χ2n) is 6.75. The first kappa shape index (κ1) is 27.9. The summed E-state index contributed by atoms with van der Waals surface area (Å²) in [6, 6.07) is 6.87. The van der Waals surface area contributed by atoms with Crippen LogP contribution in [0.25, 0.3) is 11.0 Å². The molecule has 0 aliphatic rings. The second-order valence-corrected chi connectivity index (χ2v) is 7.73. The van der Waals surface area contributed by atoms with E-state index < -0.39 is 24.0 Å². The van der Waals surface area contributed by atoms with Crippen LogP contribution in [0.4, 0.5) is 26.3 Å². The van der Waals surface area contributed by atoms with Crippen LogP contribution >= 0.6 is 28.7 Å². The molecule has 4 rings (SSSR count). The number of hydrogen-bond donors (Lipinski definition) is 1. The topological polar surface area (TPSA) is 47.0 Å². The molecule has 14 heteroatoms. The summed E-state index contributed by atoms with van der Waals surface area (Å²) < 4.78 is 80.6. The van der Waals surface area contributed by atoms with Gasteiger partial charge in [0.2, 0.25) is 11.6 Å². The molecular formula is C20H18BBrF6N5S. The molecule has 0 aliphatic heterocycles. The van der Waals surface area contributed by atoms with E-state index in [1.165, 1.54) is 18.6 Å². The molecule has 4 aromatic rings. The predicted octanol–water partition coefficient (Wildman–Crippen LogP) is 6.78. The fourth-order valence-corrected chi connectivity index (χ4v) is 3.45. The van der Waals surface area contributed by atoms with Gasteiger partial charge < -0.3 is 0 Å². The molecule has 0 spiro atoms. The zero-order valence-corrected chi connectivity index (χ0v) is 20.3. The number of alkyl halides is 6. The summed E-state index contributed by atoms with van der Waals surface area (Å²) in [6.45, 7) is 3.78. The van der Waals surface area contributed by atoms with Gasteiger partial charge in [-0.3, -0.25) is 8.80 Å². The maximum atomic E-state index is 12.7. The second kappa shape index (κ2) is 11.4. The van der Waals surface area contributed by atoms with Crippen molar-refractivity contribution >= 4 is 47.4 Å². The van der Waals surface area contributed by atoms with Gasteiger partial charge >= 0.3 is 37.1 Å². The number of fused-ring (bicyclic) bond motifs is 2. The van der Waals surface area contributed by atoms with Crippen molar-refractivity contribution in [2.45, 2.75) is 39.0 Å². The Morgan fingerprint density at radius 3 is 1.91 bits per heavy atom. The van der Waals surface area contributed by atoms with E-state index in [2.05, 4.69) is 50.7 Å². The third kappa shape index (κ3) is 6.62. The monoisotopic (exact) mass is 564 g/mol. The molecule has 0 bridgehead atoms. The molecule has 0 aliphatic carbocycles. The summed E-state index contributed by atoms with van der Waals surface area (Å²) >= 11 is 6.22. The van der Waals surface area contributed by atoms with E-state index in [1.54, 1.807) is 24.3 Å². The van der Waals surface area contributed by atoms with Gasteiger partial charge in [0.15, 0.2) is 0 Å². The van der Waals surface area contributed by atoms with Gasteiger partial charge in [-0.25, -0.2) is 9.97 Å². The predicted molar refractivity (Wildman–Crippen MR) is 124 cm³/mol. The molecular weight excluding hydrogens is 547 g/mol. The van der Waals surface area contributed by atoms with Gasteiger partial charge in [0.25, 0.3) is 0 Å². The summed E-state index contributed by atoms with van der Waals surface area (Å²) in [5.41, 5.74) is 2.57. The Balaban J connectivity index is 0.000000216. The molecule has 0 aromatic carbocycles. The molecule has 5 nitrogen and oxygen atoms in total. The zero-order valence-electron chi connectivity index (χ0n) is 17.9. The maximum absolute atomic E-state index is 12.7. The molecule has 0 saturated heterocycles. The molecule has 0 atom stereocenters. The van der Waals surface area contributed by atoms with Crippen molar-refractivity contribution in [1.82, 2.24) is 18.8 Å². The number of pyridine rings is 2. The molecule has 0 unspecified atom stereocenters. The Kier molecular flexibility index (Phi) is 9.34. The van der Waals surface area contributed by atoms with Crippen molar-refractivity contribution in [2.24, 2.45) is 4.30 Å². The van der Waals surface area contributed by atoms with Gasteiger partial charge in [-0.15, -0.1) is 0 Å². The van der Waals surface area contributed by atoms with Crippen LogP contribution < -0.4 is 0 Å². The standard InChI is InChI=1S/C10H8BrF3N2.C10H9F3N2.BHNS/c1-2-6-3-4-7-8(11)15-9(10(12,13)14)16(7)5-6;1-2-7-3-4-8-5-14-9(10(11,12)13)15(8)6-7;1-2-3/h3-5H,2H2,1H3;3-6H,2H2,1H3;3H. The van der Waals surface area contributed by atoms with Crippen LogP contribution in [-0.2, 0) is 25.2 Å². The van der Waals surface area contributed by atoms with Crippen LogP contribution in [0.5, 0.6) is 0 Å². The van der Waals surface area contributed by atoms with Gasteiger partial charge in [-0.2, -0.15) is 26.3 Å². The molecule has 0 fully saturated rings. The molecule has 0 N–H and O–H groups in total. The Labute approximate surface area is 206 Å². The van der Waals surface area contributed by atoms with Crippen molar-refractivity contribution in [1.29, 1.82) is 0 Å². The first-order valence-corrected chi connectivity index (χ1v) is 10.9. The Morgan fingerprint density at radius 2 is 1.41 bits per heavy atom. The van der Waals surface area contributed by atoms with Crippen molar-refractivity contribution in [2.75, 3.05) is 0 Å². The number of aryl methyl sites for hydroxylation is 2. The van der Waals surface area contributed by atoms with Gasteiger partial charge in [0.05, 0.1) is 17.2 Å². The van der Waals surface area contributed by atoms with E-state index in [-0.39, 0.29) is 4.60 Å². The van der Waals surface area contributed by atoms with Crippen LogP contribution in [0, 0.1) is 0 Å². The number of imidazole rings is 2. The van der Waals surface area contributed by atoms with Gasteiger partial charge in [-0.1, -0.05) is 26.0 Å². The van der Waals surface area contributed by atoms with E-state index in [0.29, 0.717) is 23.9 Å². The van der Waals surface area contributed by atoms with Gasteiger partial charge in [-0.05, 0) is 52.0 Å². The van der Waals surface area contributed by atoms with E-state index in [9.17, 15) is 26.3 Å². The average molecular weight is 565 g/mol. The molecule has 0 saturated carbocycles. The van der Waals surface area contributed by atoms with Crippen molar-refractivity contribution in [3.8, 4) is 0 Å². The first-order valence-electron chi connectivity index (χ1n) is 9.68. The number of aromatic nitrogens is 4. The van der Waals surface area contributed by atoms with E-state index in [1.807, 2.05) is 13.8 Å². The number of thiol groups is 1. The minimum atomic E-state index is -4.44. The molecule has 181 valence electrons. The third-order valence-corrected chi connectivity index (χ3v) is 5.15. The molecule has 1 radical (unpaired) electrons. The summed E-state index contributed by atoms with van der Waals surface area (Å²) in [5.74, 6) is -1.77.